The van der Waals surface area contributed by atoms with Gasteiger partial charge in [-0.1, -0.05) is 47.6 Å². The highest BCUT2D eigenvalue weighted by molar-refractivity contribution is 5.74. The molecule has 1 unspecified atom stereocenters. The summed E-state index contributed by atoms with van der Waals surface area (Å²) in [6.07, 6.45) is -4.03. The number of carbonyl (C=O) groups is 1. The second kappa shape index (κ2) is 8.28. The van der Waals surface area contributed by atoms with Gasteiger partial charge in [-0.25, -0.2) is 0 Å². The van der Waals surface area contributed by atoms with Crippen molar-refractivity contribution in [3.63, 3.8) is 0 Å². The molecule has 7 nitrogen and oxygen atoms in total. The average molecular weight is 456 g/mol. The normalized spacial score (nSPS) is 13.6. The Hall–Kier alpha value is -3.79. The van der Waals surface area contributed by atoms with Gasteiger partial charge in [0.1, 0.15) is 6.29 Å². The predicted molar refractivity (Wildman–Crippen MR) is 112 cm³/mol. The van der Waals surface area contributed by atoms with E-state index in [1.807, 2.05) is 13.0 Å². The minimum atomic E-state index is -4.81. The van der Waals surface area contributed by atoms with Crippen molar-refractivity contribution in [1.82, 2.24) is 19.9 Å². The van der Waals surface area contributed by atoms with Crippen molar-refractivity contribution in [3.8, 4) is 23.0 Å². The van der Waals surface area contributed by atoms with Crippen LogP contribution in [0.5, 0.6) is 0 Å². The van der Waals surface area contributed by atoms with E-state index in [1.165, 1.54) is 24.3 Å². The van der Waals surface area contributed by atoms with Gasteiger partial charge in [-0.05, 0) is 37.1 Å². The SMILES string of the molecule is Cc1cc(-c2nc(-c3ccc(C(C)(O)C(F)(F)F)cc3)no2)nn1Cc1cccc(C=O)c1. The summed E-state index contributed by atoms with van der Waals surface area (Å²) < 4.78 is 46.1. The highest BCUT2D eigenvalue weighted by Crippen LogP contribution is 2.38. The van der Waals surface area contributed by atoms with Crippen molar-refractivity contribution in [3.05, 3.63) is 77.0 Å². The molecule has 33 heavy (non-hydrogen) atoms. The monoisotopic (exact) mass is 456 g/mol. The molecule has 4 rings (SSSR count). The number of halogens is 3. The van der Waals surface area contributed by atoms with Gasteiger partial charge in [-0.3, -0.25) is 9.48 Å². The Morgan fingerprint density at radius 2 is 1.85 bits per heavy atom. The molecule has 0 amide bonds. The van der Waals surface area contributed by atoms with Crippen LogP contribution >= 0.6 is 0 Å². The van der Waals surface area contributed by atoms with Crippen molar-refractivity contribution in [1.29, 1.82) is 0 Å². The summed E-state index contributed by atoms with van der Waals surface area (Å²) in [7, 11) is 0. The number of aldehydes is 1. The summed E-state index contributed by atoms with van der Waals surface area (Å²) in [4.78, 5) is 15.3. The van der Waals surface area contributed by atoms with Crippen LogP contribution in [-0.2, 0) is 12.1 Å². The van der Waals surface area contributed by atoms with Crippen LogP contribution in [0.1, 0.15) is 34.1 Å². The molecule has 0 aliphatic heterocycles. The number of nitrogens with zero attached hydrogens (tertiary/aromatic N) is 4. The molecule has 0 saturated heterocycles. The molecule has 2 heterocycles. The van der Waals surface area contributed by atoms with Gasteiger partial charge in [-0.15, -0.1) is 0 Å². The zero-order chi connectivity index (χ0) is 23.8. The highest BCUT2D eigenvalue weighted by atomic mass is 19.4. The van der Waals surface area contributed by atoms with Crippen LogP contribution in [0.3, 0.4) is 0 Å². The van der Waals surface area contributed by atoms with E-state index in [9.17, 15) is 23.1 Å². The zero-order valence-electron chi connectivity index (χ0n) is 17.7. The third-order valence-corrected chi connectivity index (χ3v) is 5.30. The van der Waals surface area contributed by atoms with E-state index < -0.39 is 11.8 Å². The molecule has 4 aromatic rings. The second-order valence-electron chi connectivity index (χ2n) is 7.76. The number of hydrogen-bond donors (Lipinski definition) is 1. The molecule has 0 aliphatic carbocycles. The molecule has 0 fully saturated rings. The molecule has 0 spiro atoms. The molecule has 2 aromatic heterocycles. The largest absolute Gasteiger partial charge is 0.421 e. The maximum absolute atomic E-state index is 13.0. The predicted octanol–water partition coefficient (Wildman–Crippen LogP) is 4.54. The molecular weight excluding hydrogens is 437 g/mol. The quantitative estimate of drug-likeness (QED) is 0.428. The van der Waals surface area contributed by atoms with Crippen molar-refractivity contribution >= 4 is 6.29 Å². The Morgan fingerprint density at radius 1 is 1.12 bits per heavy atom. The van der Waals surface area contributed by atoms with E-state index in [1.54, 1.807) is 28.9 Å². The standard InChI is InChI=1S/C23H19F3N4O3/c1-14-10-19(28-30(14)12-15-4-3-5-16(11-15)13-31)21-27-20(29-33-21)17-6-8-18(9-7-17)22(2,32)23(24,25)26/h3-11,13,32H,12H2,1-2H3. The Labute approximate surface area is 186 Å². The fourth-order valence-corrected chi connectivity index (χ4v) is 3.26. The summed E-state index contributed by atoms with van der Waals surface area (Å²) >= 11 is 0. The van der Waals surface area contributed by atoms with Crippen molar-refractivity contribution < 1.29 is 27.6 Å². The fourth-order valence-electron chi connectivity index (χ4n) is 3.26. The smallest absolute Gasteiger partial charge is 0.376 e. The first-order valence-electron chi connectivity index (χ1n) is 9.91. The van der Waals surface area contributed by atoms with Crippen LogP contribution in [0.4, 0.5) is 13.2 Å². The van der Waals surface area contributed by atoms with Crippen LogP contribution in [0.25, 0.3) is 23.0 Å². The Morgan fingerprint density at radius 3 is 2.52 bits per heavy atom. The number of carbonyl (C=O) groups excluding carboxylic acids is 1. The third kappa shape index (κ3) is 4.42. The minimum absolute atomic E-state index is 0.153. The van der Waals surface area contributed by atoms with Gasteiger partial charge in [0.05, 0.1) is 6.54 Å². The number of alkyl halides is 3. The Bertz CT molecular complexity index is 1290. The summed E-state index contributed by atoms with van der Waals surface area (Å²) in [6.45, 7) is 3.00. The van der Waals surface area contributed by atoms with E-state index in [2.05, 4.69) is 15.2 Å². The van der Waals surface area contributed by atoms with Crippen molar-refractivity contribution in [2.45, 2.75) is 32.2 Å². The van der Waals surface area contributed by atoms with Crippen LogP contribution < -0.4 is 0 Å². The first-order valence-corrected chi connectivity index (χ1v) is 9.91. The lowest BCUT2D eigenvalue weighted by Crippen LogP contribution is -2.39. The lowest BCUT2D eigenvalue weighted by Gasteiger charge is -2.26. The van der Waals surface area contributed by atoms with E-state index in [-0.39, 0.29) is 17.3 Å². The zero-order valence-corrected chi connectivity index (χ0v) is 17.7. The van der Waals surface area contributed by atoms with Crippen molar-refractivity contribution in [2.75, 3.05) is 0 Å². The van der Waals surface area contributed by atoms with Gasteiger partial charge in [0.15, 0.2) is 11.3 Å². The lowest BCUT2D eigenvalue weighted by molar-refractivity contribution is -0.258. The Kier molecular flexibility index (Phi) is 5.62. The minimum Gasteiger partial charge on any atom is -0.376 e. The second-order valence-corrected chi connectivity index (χ2v) is 7.76. The molecular formula is C23H19F3N4O3. The van der Waals surface area contributed by atoms with Crippen LogP contribution in [0.15, 0.2) is 59.1 Å². The van der Waals surface area contributed by atoms with Crippen molar-refractivity contribution in [2.24, 2.45) is 0 Å². The van der Waals surface area contributed by atoms with Crippen LogP contribution in [0.2, 0.25) is 0 Å². The number of aliphatic hydroxyl groups is 1. The number of rotatable bonds is 6. The first kappa shape index (κ1) is 22.4. The maximum Gasteiger partial charge on any atom is 0.421 e. The Balaban J connectivity index is 1.55. The average Bonchev–Trinajstić information content (AvgIpc) is 3.40. The molecule has 170 valence electrons. The van der Waals surface area contributed by atoms with Gasteiger partial charge >= 0.3 is 6.18 Å². The van der Waals surface area contributed by atoms with E-state index >= 15 is 0 Å². The van der Waals surface area contributed by atoms with Crippen LogP contribution in [0, 0.1) is 6.92 Å². The first-order chi connectivity index (χ1) is 15.6. The van der Waals surface area contributed by atoms with Gasteiger partial charge in [0, 0.05) is 16.8 Å². The number of benzene rings is 2. The van der Waals surface area contributed by atoms with Gasteiger partial charge in [0.2, 0.25) is 5.82 Å². The van der Waals surface area contributed by atoms with E-state index in [4.69, 9.17) is 4.52 Å². The number of hydrogen-bond acceptors (Lipinski definition) is 6. The molecule has 0 aliphatic rings. The molecule has 0 saturated carbocycles. The van der Waals surface area contributed by atoms with E-state index in [0.717, 1.165) is 17.5 Å². The summed E-state index contributed by atoms with van der Waals surface area (Å²) in [5.74, 6) is 0.328. The van der Waals surface area contributed by atoms with Gasteiger partial charge in [0.25, 0.3) is 5.89 Å². The summed E-state index contributed by atoms with van der Waals surface area (Å²) in [5.41, 5.74) is -0.0949. The molecule has 0 radical (unpaired) electrons. The summed E-state index contributed by atoms with van der Waals surface area (Å²) in [5, 5.41) is 18.2. The molecule has 1 atom stereocenters. The highest BCUT2D eigenvalue weighted by Gasteiger charge is 2.51. The third-order valence-electron chi connectivity index (χ3n) is 5.30. The fraction of sp³-hybridized carbons (Fsp3) is 0.217. The molecule has 2 aromatic carbocycles. The summed E-state index contributed by atoms with van der Waals surface area (Å²) in [6, 6.07) is 14.1. The van der Waals surface area contributed by atoms with Crippen LogP contribution in [-0.4, -0.2) is 37.5 Å². The topological polar surface area (TPSA) is 94.0 Å². The number of aryl methyl sites for hydroxylation is 1. The molecule has 1 N–H and O–H groups in total. The lowest BCUT2D eigenvalue weighted by atomic mass is 9.94. The molecule has 0 bridgehead atoms. The van der Waals surface area contributed by atoms with Gasteiger partial charge < -0.3 is 9.63 Å². The molecule has 10 heteroatoms. The number of aromatic nitrogens is 4. The van der Waals surface area contributed by atoms with E-state index in [0.29, 0.717) is 30.3 Å². The van der Waals surface area contributed by atoms with Gasteiger partial charge in [-0.2, -0.15) is 23.3 Å². The maximum atomic E-state index is 13.0.